The number of aryl methyl sites for hydroxylation is 2. The van der Waals surface area contributed by atoms with E-state index in [0.717, 1.165) is 16.0 Å². The third-order valence-corrected chi connectivity index (χ3v) is 5.60. The first-order valence-electron chi connectivity index (χ1n) is 10.1. The molecule has 1 N–H and O–H groups in total. The number of hydrogen-bond donors (Lipinski definition) is 1. The van der Waals surface area contributed by atoms with Crippen molar-refractivity contribution in [3.63, 3.8) is 0 Å². The Morgan fingerprint density at radius 2 is 1.65 bits per heavy atom. The van der Waals surface area contributed by atoms with Gasteiger partial charge in [-0.25, -0.2) is 4.79 Å². The molecule has 1 fully saturated rings. The maximum Gasteiger partial charge on any atom is 0.326 e. The molecular weight excluding hydrogens is 390 g/mol. The zero-order chi connectivity index (χ0) is 22.6. The van der Waals surface area contributed by atoms with Crippen LogP contribution in [0.1, 0.15) is 22.3 Å². The van der Waals surface area contributed by atoms with Gasteiger partial charge in [-0.2, -0.15) is 0 Å². The van der Waals surface area contributed by atoms with Crippen molar-refractivity contribution in [2.45, 2.75) is 19.4 Å². The SMILES string of the molecule is C=CCN(CC=C)C(=O)CN1C(=O)N[C@](c2ccccc2)(c2ccc(C)c(C)c2)C1=O. The smallest absolute Gasteiger partial charge is 0.326 e. The van der Waals surface area contributed by atoms with Gasteiger partial charge in [0.1, 0.15) is 6.54 Å². The first kappa shape index (κ1) is 22.0. The second-order valence-corrected chi connectivity index (χ2v) is 7.61. The highest BCUT2D eigenvalue weighted by molar-refractivity contribution is 6.11. The van der Waals surface area contributed by atoms with Crippen LogP contribution in [0.2, 0.25) is 0 Å². The van der Waals surface area contributed by atoms with Gasteiger partial charge in [0.2, 0.25) is 5.91 Å². The maximum atomic E-state index is 13.7. The van der Waals surface area contributed by atoms with E-state index in [9.17, 15) is 14.4 Å². The number of imide groups is 1. The summed E-state index contributed by atoms with van der Waals surface area (Å²) in [4.78, 5) is 42.0. The van der Waals surface area contributed by atoms with Crippen molar-refractivity contribution in [2.24, 2.45) is 0 Å². The summed E-state index contributed by atoms with van der Waals surface area (Å²) < 4.78 is 0. The summed E-state index contributed by atoms with van der Waals surface area (Å²) in [6.45, 7) is 11.5. The lowest BCUT2D eigenvalue weighted by Gasteiger charge is -2.29. The topological polar surface area (TPSA) is 69.7 Å². The van der Waals surface area contributed by atoms with Crippen molar-refractivity contribution in [2.75, 3.05) is 19.6 Å². The Morgan fingerprint density at radius 3 is 2.23 bits per heavy atom. The molecule has 1 saturated heterocycles. The molecule has 6 nitrogen and oxygen atoms in total. The molecule has 31 heavy (non-hydrogen) atoms. The molecule has 2 aromatic carbocycles. The van der Waals surface area contributed by atoms with Crippen LogP contribution in [0, 0.1) is 13.8 Å². The number of hydrogen-bond acceptors (Lipinski definition) is 3. The second-order valence-electron chi connectivity index (χ2n) is 7.61. The first-order valence-corrected chi connectivity index (χ1v) is 10.1. The van der Waals surface area contributed by atoms with Crippen LogP contribution in [0.25, 0.3) is 0 Å². The second kappa shape index (κ2) is 9.00. The van der Waals surface area contributed by atoms with E-state index in [1.54, 1.807) is 24.3 Å². The average Bonchev–Trinajstić information content (AvgIpc) is 3.01. The van der Waals surface area contributed by atoms with Gasteiger partial charge < -0.3 is 10.2 Å². The predicted octanol–water partition coefficient (Wildman–Crippen LogP) is 3.30. The third-order valence-electron chi connectivity index (χ3n) is 5.60. The van der Waals surface area contributed by atoms with Gasteiger partial charge in [0.05, 0.1) is 0 Å². The van der Waals surface area contributed by atoms with Crippen molar-refractivity contribution >= 4 is 17.8 Å². The molecule has 1 aliphatic rings. The zero-order valence-electron chi connectivity index (χ0n) is 17.9. The molecule has 2 aromatic rings. The Balaban J connectivity index is 2.04. The summed E-state index contributed by atoms with van der Waals surface area (Å²) in [5, 5.41) is 2.88. The highest BCUT2D eigenvalue weighted by atomic mass is 16.2. The Morgan fingerprint density at radius 1 is 1.00 bits per heavy atom. The highest BCUT2D eigenvalue weighted by Crippen LogP contribution is 2.36. The van der Waals surface area contributed by atoms with Crippen LogP contribution >= 0.6 is 0 Å². The number of rotatable bonds is 8. The monoisotopic (exact) mass is 417 g/mol. The van der Waals surface area contributed by atoms with E-state index < -0.39 is 17.5 Å². The molecule has 0 unspecified atom stereocenters. The lowest BCUT2D eigenvalue weighted by molar-refractivity contribution is -0.138. The van der Waals surface area contributed by atoms with Crippen molar-refractivity contribution in [1.29, 1.82) is 0 Å². The molecule has 160 valence electrons. The van der Waals surface area contributed by atoms with Crippen LogP contribution in [-0.4, -0.2) is 47.3 Å². The third kappa shape index (κ3) is 4.01. The quantitative estimate of drug-likeness (QED) is 0.529. The first-order chi connectivity index (χ1) is 14.8. The summed E-state index contributed by atoms with van der Waals surface area (Å²) in [5.74, 6) is -0.829. The number of carbonyl (C=O) groups excluding carboxylic acids is 3. The number of benzene rings is 2. The largest absolute Gasteiger partial charge is 0.334 e. The Labute approximate surface area is 182 Å². The fraction of sp³-hybridized carbons (Fsp3) is 0.240. The van der Waals surface area contributed by atoms with Crippen molar-refractivity contribution in [3.05, 3.63) is 96.1 Å². The molecule has 0 radical (unpaired) electrons. The summed E-state index contributed by atoms with van der Waals surface area (Å²) >= 11 is 0. The molecule has 3 rings (SSSR count). The van der Waals surface area contributed by atoms with E-state index in [4.69, 9.17) is 0 Å². The molecule has 0 aromatic heterocycles. The summed E-state index contributed by atoms with van der Waals surface area (Å²) in [7, 11) is 0. The van der Waals surface area contributed by atoms with Gasteiger partial charge >= 0.3 is 6.03 Å². The van der Waals surface area contributed by atoms with Crippen molar-refractivity contribution in [3.8, 4) is 0 Å². The zero-order valence-corrected chi connectivity index (χ0v) is 17.9. The molecule has 1 atom stereocenters. The molecule has 1 heterocycles. The van der Waals surface area contributed by atoms with Gasteiger partial charge in [-0.05, 0) is 36.1 Å². The minimum Gasteiger partial charge on any atom is -0.334 e. The molecule has 0 bridgehead atoms. The number of amides is 4. The van der Waals surface area contributed by atoms with Crippen LogP contribution in [0.5, 0.6) is 0 Å². The van der Waals surface area contributed by atoms with E-state index in [1.807, 2.05) is 50.2 Å². The van der Waals surface area contributed by atoms with Crippen molar-refractivity contribution in [1.82, 2.24) is 15.1 Å². The van der Waals surface area contributed by atoms with E-state index >= 15 is 0 Å². The molecular formula is C25H27N3O3. The molecule has 6 heteroatoms. The fourth-order valence-electron chi connectivity index (χ4n) is 3.77. The van der Waals surface area contributed by atoms with E-state index in [2.05, 4.69) is 18.5 Å². The number of nitrogens with zero attached hydrogens (tertiary/aromatic N) is 2. The lowest BCUT2D eigenvalue weighted by Crippen LogP contribution is -2.46. The fourth-order valence-corrected chi connectivity index (χ4v) is 3.77. The van der Waals surface area contributed by atoms with Gasteiger partial charge in [0, 0.05) is 13.1 Å². The average molecular weight is 418 g/mol. The molecule has 0 saturated carbocycles. The van der Waals surface area contributed by atoms with Gasteiger partial charge in [-0.1, -0.05) is 60.7 Å². The van der Waals surface area contributed by atoms with Gasteiger partial charge in [0.15, 0.2) is 5.54 Å². The summed E-state index contributed by atoms with van der Waals surface area (Å²) in [6, 6.07) is 14.2. The highest BCUT2D eigenvalue weighted by Gasteiger charge is 2.54. The standard InChI is InChI=1S/C25H27N3O3/c1-5-14-27(15-6-2)22(29)17-28-23(30)25(26-24(28)31,20-10-8-7-9-11-20)21-13-12-18(3)19(4)16-21/h5-13,16H,1-2,14-15,17H2,3-4H3,(H,26,31)/t25-/m1/s1. The number of urea groups is 1. The predicted molar refractivity (Wildman–Crippen MR) is 120 cm³/mol. The van der Waals surface area contributed by atoms with E-state index in [0.29, 0.717) is 24.2 Å². The molecule has 1 aliphatic heterocycles. The van der Waals surface area contributed by atoms with E-state index in [-0.39, 0.29) is 12.5 Å². The van der Waals surface area contributed by atoms with Gasteiger partial charge in [-0.15, -0.1) is 13.2 Å². The van der Waals surface area contributed by atoms with Crippen LogP contribution in [-0.2, 0) is 15.1 Å². The van der Waals surface area contributed by atoms with Crippen LogP contribution in [0.3, 0.4) is 0 Å². The summed E-state index contributed by atoms with van der Waals surface area (Å²) in [5.41, 5.74) is 2.00. The Kier molecular flexibility index (Phi) is 6.39. The van der Waals surface area contributed by atoms with Crippen LogP contribution < -0.4 is 5.32 Å². The molecule has 0 spiro atoms. The Hall–Kier alpha value is -3.67. The van der Waals surface area contributed by atoms with E-state index in [1.165, 1.54) is 4.90 Å². The minimum absolute atomic E-state index is 0.301. The normalized spacial score (nSPS) is 17.9. The van der Waals surface area contributed by atoms with Crippen molar-refractivity contribution < 1.29 is 14.4 Å². The molecule has 4 amide bonds. The van der Waals surface area contributed by atoms with Gasteiger partial charge in [-0.3, -0.25) is 14.5 Å². The lowest BCUT2D eigenvalue weighted by atomic mass is 9.81. The number of nitrogens with one attached hydrogen (secondary N) is 1. The van der Waals surface area contributed by atoms with Gasteiger partial charge in [0.25, 0.3) is 5.91 Å². The van der Waals surface area contributed by atoms with Crippen LogP contribution in [0.4, 0.5) is 4.79 Å². The Bertz CT molecular complexity index is 1020. The maximum absolute atomic E-state index is 13.7. The number of carbonyl (C=O) groups is 3. The van der Waals surface area contributed by atoms with Crippen LogP contribution in [0.15, 0.2) is 73.8 Å². The minimum atomic E-state index is -1.39. The summed E-state index contributed by atoms with van der Waals surface area (Å²) in [6.07, 6.45) is 3.19. The molecule has 0 aliphatic carbocycles.